The van der Waals surface area contributed by atoms with Gasteiger partial charge < -0.3 is 60.6 Å². The number of nitrogens with one attached hydrogen (secondary N) is 7. The van der Waals surface area contributed by atoms with Gasteiger partial charge in [-0.05, 0) is 235 Å². The number of aryl methyl sites for hydroxylation is 2. The van der Waals surface area contributed by atoms with E-state index >= 15 is 0 Å². The zero-order valence-corrected chi connectivity index (χ0v) is 80.2. The molecule has 1 unspecified atom stereocenters. The molecule has 0 bridgehead atoms. The summed E-state index contributed by atoms with van der Waals surface area (Å²) in [5.74, 6) is 2.58. The van der Waals surface area contributed by atoms with Gasteiger partial charge in [-0.25, -0.2) is 44.9 Å². The van der Waals surface area contributed by atoms with Crippen LogP contribution in [0.2, 0.25) is 0 Å². The number of likely N-dealkylation sites (tertiary alicyclic amines) is 2. The Balaban J connectivity index is 0.000000128. The molecule has 7 N–H and O–H groups in total. The van der Waals surface area contributed by atoms with Crippen molar-refractivity contribution in [3.8, 4) is 78.9 Å². The number of imidazole rings is 2. The number of aromatic nitrogens is 20. The van der Waals surface area contributed by atoms with Crippen molar-refractivity contribution in [1.29, 1.82) is 0 Å². The number of oxazole rings is 1. The van der Waals surface area contributed by atoms with E-state index in [2.05, 4.69) is 144 Å². The molecule has 1 atom stereocenters. The number of hydrogen-bond donors (Lipinski definition) is 7. The number of carbonyl (C=O) groups excluding carboxylic acids is 7. The molecule has 2 aliphatic heterocycles. The Kier molecular flexibility index (Phi) is 36.2. The van der Waals surface area contributed by atoms with Crippen molar-refractivity contribution in [2.75, 3.05) is 77.5 Å². The highest BCUT2D eigenvalue weighted by Gasteiger charge is 2.28. The Morgan fingerprint density at radius 2 is 0.692 bits per heavy atom. The van der Waals surface area contributed by atoms with Gasteiger partial charge in [0.15, 0.2) is 12.2 Å². The Bertz CT molecular complexity index is 7060. The van der Waals surface area contributed by atoms with Crippen molar-refractivity contribution in [3.05, 3.63) is 406 Å². The molecule has 1 aromatic carbocycles. The maximum Gasteiger partial charge on any atom is 0.294 e. The van der Waals surface area contributed by atoms with Crippen LogP contribution in [0.1, 0.15) is 71.0 Å². The molecule has 2 fully saturated rings. The van der Waals surface area contributed by atoms with Crippen LogP contribution in [0.3, 0.4) is 0 Å². The molecule has 38 heteroatoms. The van der Waals surface area contributed by atoms with Gasteiger partial charge in [-0.15, -0.1) is 11.3 Å². The lowest BCUT2D eigenvalue weighted by Gasteiger charge is -2.27. The molecule has 728 valence electrons. The highest BCUT2D eigenvalue weighted by molar-refractivity contribution is 7.11. The smallest absolute Gasteiger partial charge is 0.294 e. The number of pyridine rings is 14. The van der Waals surface area contributed by atoms with Crippen LogP contribution >= 0.6 is 11.3 Å². The average molecular weight is 1960 g/mol. The minimum Gasteiger partial charge on any atom is -0.438 e. The van der Waals surface area contributed by atoms with Crippen LogP contribution in [-0.4, -0.2) is 190 Å². The maximum absolute atomic E-state index is 12.2. The summed E-state index contributed by atoms with van der Waals surface area (Å²) in [6, 6.07) is 74.5. The minimum absolute atomic E-state index is 0.0532. The van der Waals surface area contributed by atoms with Gasteiger partial charge in [0.2, 0.25) is 17.6 Å². The van der Waals surface area contributed by atoms with Crippen molar-refractivity contribution in [1.82, 2.24) is 109 Å². The molecule has 0 saturated carbocycles. The number of rotatable bonds is 21. The summed E-state index contributed by atoms with van der Waals surface area (Å²) in [6.07, 6.45) is 37.1. The van der Waals surface area contributed by atoms with Crippen LogP contribution in [0.4, 0.5) is 40.6 Å². The van der Waals surface area contributed by atoms with Gasteiger partial charge in [-0.2, -0.15) is 0 Å². The zero-order chi connectivity index (χ0) is 101. The number of piperidine rings is 1. The zero-order valence-electron chi connectivity index (χ0n) is 79.4. The summed E-state index contributed by atoms with van der Waals surface area (Å²) in [5, 5.41) is 19.4. The molecule has 0 radical (unpaired) electrons. The normalized spacial score (nSPS) is 12.4. The van der Waals surface area contributed by atoms with E-state index in [0.29, 0.717) is 62.6 Å². The predicted octanol–water partition coefficient (Wildman–Crippen LogP) is 17.3. The third kappa shape index (κ3) is 30.2. The van der Waals surface area contributed by atoms with E-state index in [4.69, 9.17) is 4.42 Å². The van der Waals surface area contributed by atoms with Gasteiger partial charge in [0.25, 0.3) is 29.5 Å². The summed E-state index contributed by atoms with van der Waals surface area (Å²) in [7, 11) is 7.65. The van der Waals surface area contributed by atoms with Crippen molar-refractivity contribution >= 4 is 93.3 Å². The monoisotopic (exact) mass is 1960 g/mol. The summed E-state index contributed by atoms with van der Waals surface area (Å²) < 4.78 is 8.20. The maximum atomic E-state index is 12.2. The van der Waals surface area contributed by atoms with E-state index in [1.165, 1.54) is 36.3 Å². The molecule has 146 heavy (non-hydrogen) atoms. The standard InChI is InChI=1S/C17H20N4O.C17H13N3O.C16H18N4O.2C15H13N5O.C14H10N4O2.C14H10N4OS/c1-21-10-7-13(8-11-21)17(22)20-16-6-5-14(12-19-16)15-4-2-3-9-18-15;21-17(13-6-2-1-3-7-13)20-14-9-10-16(19-12-14)15-8-4-5-11-18-15;1-20-9-7-13(11-20)16(21)19-15-6-5-12(10-18-15)14-4-2-3-8-17-14;1-20-10-16-9-13(20)15(21)19-14-6-5-11(8-18-14)12-4-2-3-7-17-12;1-20-9-8-17-14(20)15(21)19-13-6-5-11(10-18-13)12-4-2-3-7-16-12;2*19-14(12-8-15-9-20-12)18-13-5-4-10(7-17-13)11-3-1-2-6-16-11/h2-6,9,12-13H,7-8,10-11H2,1H3,(H,19,20,22);1-12H,(H,20,21);2-6,8,10,13H,7,9,11H2,1H3,(H,18,19,21);2*2-10H,1H3,(H,18,19,21);2*1-9H,(H,17,18,19). The second-order valence-electron chi connectivity index (χ2n) is 32.5. The molecule has 2 saturated heterocycles. The topological polar surface area (TPSA) is 465 Å². The van der Waals surface area contributed by atoms with Gasteiger partial charge >= 0.3 is 0 Å². The largest absolute Gasteiger partial charge is 0.438 e. The number of nitrogens with zero attached hydrogens (tertiary/aromatic N) is 22. The summed E-state index contributed by atoms with van der Waals surface area (Å²) in [6.45, 7) is 3.75. The van der Waals surface area contributed by atoms with E-state index in [1.807, 2.05) is 213 Å². The molecule has 7 amide bonds. The first-order valence-corrected chi connectivity index (χ1v) is 46.7. The van der Waals surface area contributed by atoms with Crippen LogP contribution in [0.15, 0.2) is 383 Å². The number of anilines is 7. The lowest BCUT2D eigenvalue weighted by molar-refractivity contribution is -0.121. The molecule has 18 aromatic heterocycles. The molecule has 21 rings (SSSR count). The van der Waals surface area contributed by atoms with Crippen LogP contribution < -0.4 is 37.2 Å². The molecule has 2 aliphatic rings. The summed E-state index contributed by atoms with van der Waals surface area (Å²) >= 11 is 1.29. The third-order valence-electron chi connectivity index (χ3n) is 22.0. The fraction of sp³-hybridized carbons (Fsp3) is 0.120. The highest BCUT2D eigenvalue weighted by Crippen LogP contribution is 2.27. The molecule has 0 spiro atoms. The van der Waals surface area contributed by atoms with E-state index in [9.17, 15) is 33.6 Å². The van der Waals surface area contributed by atoms with Gasteiger partial charge in [0, 0.05) is 158 Å². The Morgan fingerprint density at radius 1 is 0.301 bits per heavy atom. The Morgan fingerprint density at radius 3 is 1.04 bits per heavy atom. The first-order valence-electron chi connectivity index (χ1n) is 45.8. The lowest BCUT2D eigenvalue weighted by Crippen LogP contribution is -2.36. The van der Waals surface area contributed by atoms with Crippen LogP contribution in [-0.2, 0) is 23.7 Å². The second-order valence-corrected chi connectivity index (χ2v) is 33.3. The number of hydrogen-bond acceptors (Lipinski definition) is 29. The van der Waals surface area contributed by atoms with Crippen LogP contribution in [0, 0.1) is 11.8 Å². The van der Waals surface area contributed by atoms with E-state index in [1.54, 1.807) is 171 Å². The molecular formula is C108H97N29O8S. The number of benzene rings is 1. The Labute approximate surface area is 843 Å². The number of amides is 7. The van der Waals surface area contributed by atoms with Gasteiger partial charge in [-0.3, -0.25) is 78.4 Å². The van der Waals surface area contributed by atoms with Gasteiger partial charge in [-0.1, -0.05) is 60.7 Å². The van der Waals surface area contributed by atoms with Crippen molar-refractivity contribution in [3.63, 3.8) is 0 Å². The molecule has 0 aliphatic carbocycles. The molecule has 37 nitrogen and oxygen atoms in total. The first kappa shape index (κ1) is 101. The second kappa shape index (κ2) is 52.2. The number of thiazole rings is 1. The molecule has 19 aromatic rings. The fourth-order valence-corrected chi connectivity index (χ4v) is 14.8. The van der Waals surface area contributed by atoms with Crippen LogP contribution in [0.5, 0.6) is 0 Å². The Hall–Kier alpha value is -19.2. The quantitative estimate of drug-likeness (QED) is 0.0351. The summed E-state index contributed by atoms with van der Waals surface area (Å²) in [5.41, 5.74) is 15.5. The summed E-state index contributed by atoms with van der Waals surface area (Å²) in [4.78, 5) is 164. The minimum atomic E-state index is -0.388. The van der Waals surface area contributed by atoms with E-state index < -0.39 is 0 Å². The van der Waals surface area contributed by atoms with Gasteiger partial charge in [0.05, 0.1) is 93.8 Å². The predicted molar refractivity (Wildman–Crippen MR) is 557 cm³/mol. The van der Waals surface area contributed by atoms with Crippen LogP contribution in [0.25, 0.3) is 78.9 Å². The highest BCUT2D eigenvalue weighted by atomic mass is 32.1. The fourth-order valence-electron chi connectivity index (χ4n) is 14.2. The average Bonchev–Trinajstić information content (AvgIpc) is 1.52. The lowest BCUT2D eigenvalue weighted by atomic mass is 9.96. The number of carbonyl (C=O) groups is 7. The molecular weight excluding hydrogens is 1860 g/mol. The van der Waals surface area contributed by atoms with E-state index in [0.717, 1.165) is 124 Å². The SMILES string of the molecule is CN1CCC(C(=O)Nc2ccc(-c3ccccn3)cn2)C1.CN1CCC(C(=O)Nc2ccc(-c3ccccn3)cn2)CC1.Cn1ccnc1C(=O)Nc1ccc(-c2ccccn2)cn1.Cn1cncc1C(=O)Nc1ccc(-c2ccccn2)cn1.O=C(Nc1ccc(-c2ccccn2)cn1)c1cnco1.O=C(Nc1ccc(-c2ccccn2)cn1)c1cncs1.O=C(Nc1ccc(-c2ccccn2)nc1)c1ccccc1. The van der Waals surface area contributed by atoms with Crippen molar-refractivity contribution < 1.29 is 38.0 Å². The third-order valence-corrected chi connectivity index (χ3v) is 22.8. The van der Waals surface area contributed by atoms with E-state index in [-0.39, 0.29) is 58.9 Å². The first-order chi connectivity index (χ1) is 71.4. The molecule has 20 heterocycles. The van der Waals surface area contributed by atoms with Crippen molar-refractivity contribution in [2.24, 2.45) is 25.9 Å². The van der Waals surface area contributed by atoms with Gasteiger partial charge in [0.1, 0.15) is 45.5 Å². The van der Waals surface area contributed by atoms with Crippen molar-refractivity contribution in [2.45, 2.75) is 19.3 Å².